The number of amides is 1. The van der Waals surface area contributed by atoms with Gasteiger partial charge in [-0.2, -0.15) is 0 Å². The molecule has 0 aliphatic heterocycles. The van der Waals surface area contributed by atoms with Gasteiger partial charge in [0.05, 0.1) is 0 Å². The van der Waals surface area contributed by atoms with Gasteiger partial charge in [0.2, 0.25) is 0 Å². The zero-order valence-corrected chi connectivity index (χ0v) is 12.9. The van der Waals surface area contributed by atoms with Crippen LogP contribution in [-0.4, -0.2) is 36.8 Å². The Morgan fingerprint density at radius 1 is 1.25 bits per heavy atom. The summed E-state index contributed by atoms with van der Waals surface area (Å²) >= 11 is 0. The van der Waals surface area contributed by atoms with Gasteiger partial charge < -0.3 is 15.3 Å². The van der Waals surface area contributed by atoms with Crippen molar-refractivity contribution in [3.63, 3.8) is 0 Å². The number of anilines is 1. The minimum absolute atomic E-state index is 0.0785. The molecule has 1 rings (SSSR count). The second kappa shape index (κ2) is 7.90. The van der Waals surface area contributed by atoms with E-state index in [0.717, 1.165) is 12.2 Å². The zero-order chi connectivity index (χ0) is 15.1. The van der Waals surface area contributed by atoms with Crippen LogP contribution in [0.25, 0.3) is 0 Å². The highest BCUT2D eigenvalue weighted by molar-refractivity contribution is 5.94. The van der Waals surface area contributed by atoms with E-state index in [1.165, 1.54) is 0 Å². The zero-order valence-electron chi connectivity index (χ0n) is 12.9. The Balaban J connectivity index is 2.68. The third kappa shape index (κ3) is 4.53. The van der Waals surface area contributed by atoms with Crippen LogP contribution in [0.2, 0.25) is 0 Å². The summed E-state index contributed by atoms with van der Waals surface area (Å²) in [4.78, 5) is 14.2. The van der Waals surface area contributed by atoms with Crippen molar-refractivity contribution in [2.24, 2.45) is 5.92 Å². The molecule has 112 valence electrons. The highest BCUT2D eigenvalue weighted by Crippen LogP contribution is 2.17. The quantitative estimate of drug-likeness (QED) is 0.804. The number of carbonyl (C=O) groups excluding carboxylic acids is 1. The number of nitrogens with zero attached hydrogens (tertiary/aromatic N) is 1. The molecule has 0 aliphatic carbocycles. The topological polar surface area (TPSA) is 52.6 Å². The Bertz CT molecular complexity index is 415. The SMILES string of the molecule is CCN(c1ccc(C(=O)NCC(C)CO)cc1)C(C)C. The van der Waals surface area contributed by atoms with E-state index in [9.17, 15) is 4.79 Å². The molecule has 1 aromatic carbocycles. The lowest BCUT2D eigenvalue weighted by Crippen LogP contribution is -2.31. The van der Waals surface area contributed by atoms with Crippen molar-refractivity contribution in [1.29, 1.82) is 0 Å². The monoisotopic (exact) mass is 278 g/mol. The lowest BCUT2D eigenvalue weighted by Gasteiger charge is -2.27. The molecule has 1 atom stereocenters. The van der Waals surface area contributed by atoms with E-state index in [0.29, 0.717) is 18.2 Å². The molecule has 0 saturated heterocycles. The smallest absolute Gasteiger partial charge is 0.251 e. The summed E-state index contributed by atoms with van der Waals surface area (Å²) in [5, 5.41) is 11.8. The summed E-state index contributed by atoms with van der Waals surface area (Å²) in [6.45, 7) is 9.84. The fraction of sp³-hybridized carbons (Fsp3) is 0.562. The van der Waals surface area contributed by atoms with Gasteiger partial charge >= 0.3 is 0 Å². The van der Waals surface area contributed by atoms with Crippen LogP contribution in [0.15, 0.2) is 24.3 Å². The lowest BCUT2D eigenvalue weighted by atomic mass is 10.1. The first kappa shape index (κ1) is 16.5. The number of hydrogen-bond acceptors (Lipinski definition) is 3. The number of nitrogens with one attached hydrogen (secondary N) is 1. The van der Waals surface area contributed by atoms with Crippen LogP contribution in [0.4, 0.5) is 5.69 Å². The fourth-order valence-corrected chi connectivity index (χ4v) is 2.08. The third-order valence-electron chi connectivity index (χ3n) is 3.35. The molecule has 0 aromatic heterocycles. The molecular formula is C16H26N2O2. The van der Waals surface area contributed by atoms with Gasteiger partial charge in [-0.1, -0.05) is 6.92 Å². The second-order valence-electron chi connectivity index (χ2n) is 5.42. The summed E-state index contributed by atoms with van der Waals surface area (Å²) in [7, 11) is 0. The summed E-state index contributed by atoms with van der Waals surface area (Å²) < 4.78 is 0. The van der Waals surface area contributed by atoms with Gasteiger partial charge in [0.15, 0.2) is 0 Å². The van der Waals surface area contributed by atoms with Crippen LogP contribution in [0, 0.1) is 5.92 Å². The molecule has 1 unspecified atom stereocenters. The molecule has 0 fully saturated rings. The van der Waals surface area contributed by atoms with E-state index in [4.69, 9.17) is 5.11 Å². The summed E-state index contributed by atoms with van der Waals surface area (Å²) in [6, 6.07) is 8.09. The van der Waals surface area contributed by atoms with Gasteiger partial charge in [0.25, 0.3) is 5.91 Å². The number of hydrogen-bond donors (Lipinski definition) is 2. The maximum absolute atomic E-state index is 11.9. The maximum Gasteiger partial charge on any atom is 0.251 e. The first-order chi connectivity index (χ1) is 9.49. The molecule has 0 spiro atoms. The van der Waals surface area contributed by atoms with Gasteiger partial charge in [0.1, 0.15) is 0 Å². The van der Waals surface area contributed by atoms with E-state index in [1.54, 1.807) is 0 Å². The maximum atomic E-state index is 11.9. The highest BCUT2D eigenvalue weighted by Gasteiger charge is 2.10. The molecule has 0 heterocycles. The van der Waals surface area contributed by atoms with E-state index >= 15 is 0 Å². The van der Waals surface area contributed by atoms with Crippen LogP contribution >= 0.6 is 0 Å². The Kier molecular flexibility index (Phi) is 6.52. The van der Waals surface area contributed by atoms with Crippen LogP contribution in [0.3, 0.4) is 0 Å². The molecule has 20 heavy (non-hydrogen) atoms. The molecule has 1 aromatic rings. The Morgan fingerprint density at radius 3 is 2.30 bits per heavy atom. The van der Waals surface area contributed by atoms with Crippen LogP contribution in [0.1, 0.15) is 38.1 Å². The van der Waals surface area contributed by atoms with Crippen molar-refractivity contribution in [2.45, 2.75) is 33.7 Å². The normalized spacial score (nSPS) is 12.3. The van der Waals surface area contributed by atoms with Crippen molar-refractivity contribution in [1.82, 2.24) is 5.32 Å². The predicted octanol–water partition coefficient (Wildman–Crippen LogP) is 2.28. The van der Waals surface area contributed by atoms with Crippen LogP contribution in [-0.2, 0) is 0 Å². The van der Waals surface area contributed by atoms with E-state index in [2.05, 4.69) is 31.0 Å². The van der Waals surface area contributed by atoms with Gasteiger partial charge in [-0.25, -0.2) is 0 Å². The first-order valence-electron chi connectivity index (χ1n) is 7.25. The van der Waals surface area contributed by atoms with Crippen molar-refractivity contribution < 1.29 is 9.90 Å². The van der Waals surface area contributed by atoms with Gasteiger partial charge in [0, 0.05) is 37.0 Å². The molecule has 4 heteroatoms. The van der Waals surface area contributed by atoms with Crippen molar-refractivity contribution >= 4 is 11.6 Å². The second-order valence-corrected chi connectivity index (χ2v) is 5.42. The van der Waals surface area contributed by atoms with Crippen molar-refractivity contribution in [2.75, 3.05) is 24.6 Å². The number of aliphatic hydroxyl groups is 1. The predicted molar refractivity (Wildman–Crippen MR) is 83.2 cm³/mol. The molecule has 0 bridgehead atoms. The van der Waals surface area contributed by atoms with Gasteiger partial charge in [-0.3, -0.25) is 4.79 Å². The third-order valence-corrected chi connectivity index (χ3v) is 3.35. The Morgan fingerprint density at radius 2 is 1.85 bits per heavy atom. The number of carbonyl (C=O) groups is 1. The number of benzene rings is 1. The van der Waals surface area contributed by atoms with E-state index in [1.807, 2.05) is 31.2 Å². The molecule has 0 aliphatic rings. The summed E-state index contributed by atoms with van der Waals surface area (Å²) in [6.07, 6.45) is 0. The standard InChI is InChI=1S/C16H26N2O2/c1-5-18(12(2)3)15-8-6-14(7-9-15)16(20)17-10-13(4)11-19/h6-9,12-13,19H,5,10-11H2,1-4H3,(H,17,20). The minimum Gasteiger partial charge on any atom is -0.396 e. The first-order valence-corrected chi connectivity index (χ1v) is 7.25. The molecule has 2 N–H and O–H groups in total. The average Bonchev–Trinajstić information content (AvgIpc) is 2.45. The molecule has 1 amide bonds. The van der Waals surface area contributed by atoms with Crippen molar-refractivity contribution in [3.05, 3.63) is 29.8 Å². The molecule has 0 radical (unpaired) electrons. The van der Waals surface area contributed by atoms with E-state index in [-0.39, 0.29) is 18.4 Å². The summed E-state index contributed by atoms with van der Waals surface area (Å²) in [5.74, 6) is -0.0146. The largest absolute Gasteiger partial charge is 0.396 e. The van der Waals surface area contributed by atoms with Crippen LogP contribution < -0.4 is 10.2 Å². The van der Waals surface area contributed by atoms with Gasteiger partial charge in [-0.15, -0.1) is 0 Å². The number of rotatable bonds is 7. The van der Waals surface area contributed by atoms with E-state index < -0.39 is 0 Å². The average molecular weight is 278 g/mol. The fourth-order valence-electron chi connectivity index (χ4n) is 2.08. The number of aliphatic hydroxyl groups excluding tert-OH is 1. The lowest BCUT2D eigenvalue weighted by molar-refractivity contribution is 0.0942. The van der Waals surface area contributed by atoms with Crippen LogP contribution in [0.5, 0.6) is 0 Å². The summed E-state index contributed by atoms with van der Waals surface area (Å²) in [5.41, 5.74) is 1.78. The van der Waals surface area contributed by atoms with Gasteiger partial charge in [-0.05, 0) is 51.0 Å². The molecular weight excluding hydrogens is 252 g/mol. The Hall–Kier alpha value is -1.55. The molecule has 4 nitrogen and oxygen atoms in total. The highest BCUT2D eigenvalue weighted by atomic mass is 16.3. The van der Waals surface area contributed by atoms with Crippen molar-refractivity contribution in [3.8, 4) is 0 Å². The molecule has 0 saturated carbocycles. The minimum atomic E-state index is -0.0931. The Labute approximate surface area is 121 Å².